The molecule has 4 atom stereocenters. The SMILES string of the molecule is Cc1ccc(C2C(C(=O)NOCc3ccccc3)c3ccccc3C(=O)N2C2CCCCC2N)c(C)c1. The molecule has 6 nitrogen and oxygen atoms in total. The van der Waals surface area contributed by atoms with Crippen LogP contribution in [0.3, 0.4) is 0 Å². The Kier molecular flexibility index (Phi) is 7.40. The van der Waals surface area contributed by atoms with E-state index in [9.17, 15) is 9.59 Å². The monoisotopic (exact) mass is 497 g/mol. The summed E-state index contributed by atoms with van der Waals surface area (Å²) in [5, 5.41) is 0. The third-order valence-corrected chi connectivity index (χ3v) is 7.80. The number of fused-ring (bicyclic) bond motifs is 1. The van der Waals surface area contributed by atoms with Crippen LogP contribution in [0.2, 0.25) is 0 Å². The number of carbonyl (C=O) groups is 2. The molecule has 0 aromatic heterocycles. The summed E-state index contributed by atoms with van der Waals surface area (Å²) in [5.41, 5.74) is 14.8. The lowest BCUT2D eigenvalue weighted by molar-refractivity contribution is -0.138. The van der Waals surface area contributed by atoms with Crippen LogP contribution in [-0.2, 0) is 16.2 Å². The van der Waals surface area contributed by atoms with Gasteiger partial charge in [-0.2, -0.15) is 0 Å². The van der Waals surface area contributed by atoms with Crippen LogP contribution in [0.15, 0.2) is 72.8 Å². The second-order valence-electron chi connectivity index (χ2n) is 10.3. The molecule has 1 aliphatic heterocycles. The predicted molar refractivity (Wildman–Crippen MR) is 144 cm³/mol. The minimum Gasteiger partial charge on any atom is -0.326 e. The summed E-state index contributed by atoms with van der Waals surface area (Å²) in [5.74, 6) is -0.965. The second kappa shape index (κ2) is 10.9. The molecule has 1 heterocycles. The fraction of sp³-hybridized carbons (Fsp3) is 0.355. The molecule has 0 radical (unpaired) electrons. The highest BCUT2D eigenvalue weighted by molar-refractivity contribution is 6.01. The molecule has 0 bridgehead atoms. The number of hydrogen-bond donors (Lipinski definition) is 2. The van der Waals surface area contributed by atoms with E-state index in [0.717, 1.165) is 53.5 Å². The number of hydrogen-bond acceptors (Lipinski definition) is 4. The van der Waals surface area contributed by atoms with Crippen LogP contribution in [0.4, 0.5) is 0 Å². The van der Waals surface area contributed by atoms with E-state index in [0.29, 0.717) is 5.56 Å². The van der Waals surface area contributed by atoms with Crippen molar-refractivity contribution in [2.45, 2.75) is 70.2 Å². The van der Waals surface area contributed by atoms with Crippen LogP contribution in [0, 0.1) is 13.8 Å². The molecule has 5 rings (SSSR count). The Morgan fingerprint density at radius 1 is 0.973 bits per heavy atom. The van der Waals surface area contributed by atoms with Crippen molar-refractivity contribution >= 4 is 11.8 Å². The first-order chi connectivity index (χ1) is 18.0. The summed E-state index contributed by atoms with van der Waals surface area (Å²) >= 11 is 0. The van der Waals surface area contributed by atoms with Crippen molar-refractivity contribution in [3.05, 3.63) is 106 Å². The number of nitrogens with two attached hydrogens (primary N) is 1. The maximum atomic E-state index is 14.1. The van der Waals surface area contributed by atoms with Gasteiger partial charge in [0.1, 0.15) is 0 Å². The number of hydroxylamine groups is 1. The maximum Gasteiger partial charge on any atom is 0.255 e. The number of nitrogens with zero attached hydrogens (tertiary/aromatic N) is 1. The lowest BCUT2D eigenvalue weighted by Gasteiger charge is -2.48. The van der Waals surface area contributed by atoms with Crippen LogP contribution in [0.1, 0.15) is 75.8 Å². The number of carbonyl (C=O) groups excluding carboxylic acids is 2. The van der Waals surface area contributed by atoms with E-state index in [2.05, 4.69) is 24.5 Å². The Morgan fingerprint density at radius 3 is 2.46 bits per heavy atom. The first-order valence-electron chi connectivity index (χ1n) is 13.2. The smallest absolute Gasteiger partial charge is 0.255 e. The summed E-state index contributed by atoms with van der Waals surface area (Å²) < 4.78 is 0. The Bertz CT molecular complexity index is 1280. The average molecular weight is 498 g/mol. The Morgan fingerprint density at radius 2 is 1.70 bits per heavy atom. The number of rotatable bonds is 6. The molecular formula is C31H35N3O3. The molecule has 3 aromatic rings. The van der Waals surface area contributed by atoms with Crippen molar-refractivity contribution in [2.24, 2.45) is 5.73 Å². The quantitative estimate of drug-likeness (QED) is 0.464. The molecule has 6 heteroatoms. The zero-order valence-corrected chi connectivity index (χ0v) is 21.5. The standard InChI is InChI=1S/C31H35N3O3/c1-20-16-17-23(21(2)18-20)29-28(30(35)33-37-19-22-10-4-3-5-11-22)24-12-6-7-13-25(24)31(36)34(29)27-15-9-8-14-26(27)32/h3-7,10-13,16-18,26-29H,8-9,14-15,19,32H2,1-2H3,(H,33,35). The van der Waals surface area contributed by atoms with Crippen LogP contribution in [0.25, 0.3) is 0 Å². The molecule has 0 spiro atoms. The number of nitrogens with one attached hydrogen (secondary N) is 1. The lowest BCUT2D eigenvalue weighted by Crippen LogP contribution is -2.57. The Labute approximate surface area is 218 Å². The molecule has 1 saturated carbocycles. The van der Waals surface area contributed by atoms with E-state index in [4.69, 9.17) is 10.6 Å². The van der Waals surface area contributed by atoms with Crippen molar-refractivity contribution < 1.29 is 14.4 Å². The van der Waals surface area contributed by atoms with Gasteiger partial charge in [-0.1, -0.05) is 85.1 Å². The molecule has 37 heavy (non-hydrogen) atoms. The van der Waals surface area contributed by atoms with Crippen molar-refractivity contribution in [2.75, 3.05) is 0 Å². The molecule has 1 fully saturated rings. The van der Waals surface area contributed by atoms with Gasteiger partial charge in [-0.25, -0.2) is 5.48 Å². The summed E-state index contributed by atoms with van der Waals surface area (Å²) in [7, 11) is 0. The van der Waals surface area contributed by atoms with Gasteiger partial charge in [0.2, 0.25) is 0 Å². The molecule has 2 amide bonds. The fourth-order valence-corrected chi connectivity index (χ4v) is 6.00. The van der Waals surface area contributed by atoms with Gasteiger partial charge in [0.25, 0.3) is 11.8 Å². The van der Waals surface area contributed by atoms with Crippen molar-refractivity contribution in [1.82, 2.24) is 10.4 Å². The molecule has 0 saturated heterocycles. The fourth-order valence-electron chi connectivity index (χ4n) is 6.00. The van der Waals surface area contributed by atoms with Gasteiger partial charge < -0.3 is 10.6 Å². The third kappa shape index (κ3) is 5.04. The average Bonchev–Trinajstić information content (AvgIpc) is 2.90. The first-order valence-corrected chi connectivity index (χ1v) is 13.2. The Balaban J connectivity index is 1.57. The van der Waals surface area contributed by atoms with E-state index in [1.807, 2.05) is 72.5 Å². The Hall–Kier alpha value is -3.48. The van der Waals surface area contributed by atoms with Gasteiger partial charge in [0.05, 0.1) is 18.6 Å². The summed E-state index contributed by atoms with van der Waals surface area (Å²) in [6.45, 7) is 4.35. The van der Waals surface area contributed by atoms with Gasteiger partial charge in [0, 0.05) is 17.6 Å². The van der Waals surface area contributed by atoms with Crippen LogP contribution < -0.4 is 11.2 Å². The molecule has 3 N–H and O–H groups in total. The summed E-state index contributed by atoms with van der Waals surface area (Å²) in [6, 6.07) is 22.6. The highest BCUT2D eigenvalue weighted by atomic mass is 16.6. The minimum absolute atomic E-state index is 0.0582. The summed E-state index contributed by atoms with van der Waals surface area (Å²) in [6.07, 6.45) is 3.77. The maximum absolute atomic E-state index is 14.1. The summed E-state index contributed by atoms with van der Waals surface area (Å²) in [4.78, 5) is 35.6. The normalized spacial score (nSPS) is 23.4. The lowest BCUT2D eigenvalue weighted by atomic mass is 9.75. The zero-order chi connectivity index (χ0) is 25.9. The van der Waals surface area contributed by atoms with E-state index in [1.54, 1.807) is 0 Å². The van der Waals surface area contributed by atoms with Crippen LogP contribution in [0.5, 0.6) is 0 Å². The highest BCUT2D eigenvalue weighted by Crippen LogP contribution is 2.46. The van der Waals surface area contributed by atoms with Crippen molar-refractivity contribution in [3.8, 4) is 0 Å². The van der Waals surface area contributed by atoms with E-state index < -0.39 is 12.0 Å². The van der Waals surface area contributed by atoms with Crippen LogP contribution >= 0.6 is 0 Å². The number of benzene rings is 3. The predicted octanol–water partition coefficient (Wildman–Crippen LogP) is 5.10. The van der Waals surface area contributed by atoms with Crippen LogP contribution in [-0.4, -0.2) is 28.8 Å². The third-order valence-electron chi connectivity index (χ3n) is 7.80. The van der Waals surface area contributed by atoms with Crippen molar-refractivity contribution in [3.63, 3.8) is 0 Å². The molecule has 2 aliphatic rings. The molecule has 192 valence electrons. The molecule has 4 unspecified atom stereocenters. The van der Waals surface area contributed by atoms with Gasteiger partial charge in [-0.3, -0.25) is 14.4 Å². The molecule has 1 aliphatic carbocycles. The minimum atomic E-state index is -0.639. The zero-order valence-electron chi connectivity index (χ0n) is 21.5. The van der Waals surface area contributed by atoms with Crippen molar-refractivity contribution in [1.29, 1.82) is 0 Å². The largest absolute Gasteiger partial charge is 0.326 e. The van der Waals surface area contributed by atoms with Gasteiger partial charge in [-0.15, -0.1) is 0 Å². The number of amides is 2. The topological polar surface area (TPSA) is 84.7 Å². The van der Waals surface area contributed by atoms with E-state index in [1.165, 1.54) is 0 Å². The number of aryl methyl sites for hydroxylation is 2. The molecular weight excluding hydrogens is 462 g/mol. The molecule has 3 aromatic carbocycles. The second-order valence-corrected chi connectivity index (χ2v) is 10.3. The van der Waals surface area contributed by atoms with Gasteiger partial charge >= 0.3 is 0 Å². The van der Waals surface area contributed by atoms with Gasteiger partial charge in [-0.05, 0) is 55.0 Å². The van der Waals surface area contributed by atoms with Gasteiger partial charge in [0.15, 0.2) is 0 Å². The van der Waals surface area contributed by atoms with E-state index >= 15 is 0 Å². The highest BCUT2D eigenvalue weighted by Gasteiger charge is 2.48. The first kappa shape index (κ1) is 25.2. The van der Waals surface area contributed by atoms with E-state index in [-0.39, 0.29) is 30.5 Å².